The van der Waals surface area contributed by atoms with E-state index in [2.05, 4.69) is 10.3 Å². The van der Waals surface area contributed by atoms with Crippen LogP contribution in [0, 0.1) is 18.3 Å². The average molecular weight is 292 g/mol. The van der Waals surface area contributed by atoms with Gasteiger partial charge in [-0.05, 0) is 30.7 Å². The first-order valence-electron chi connectivity index (χ1n) is 5.92. The van der Waals surface area contributed by atoms with Crippen molar-refractivity contribution < 1.29 is 13.2 Å². The van der Waals surface area contributed by atoms with Crippen LogP contribution < -0.4 is 11.1 Å². The van der Waals surface area contributed by atoms with Crippen LogP contribution in [0.5, 0.6) is 0 Å². The molecular weight excluding hydrogens is 281 g/mol. The number of benzene rings is 1. The van der Waals surface area contributed by atoms with Crippen molar-refractivity contribution in [3.8, 4) is 6.07 Å². The van der Waals surface area contributed by atoms with Crippen molar-refractivity contribution >= 4 is 17.2 Å². The van der Waals surface area contributed by atoms with Crippen LogP contribution >= 0.6 is 0 Å². The summed E-state index contributed by atoms with van der Waals surface area (Å²) in [5, 5.41) is 11.6. The second kappa shape index (κ2) is 5.32. The summed E-state index contributed by atoms with van der Waals surface area (Å²) < 4.78 is 38.2. The van der Waals surface area contributed by atoms with Crippen LogP contribution in [0.25, 0.3) is 0 Å². The smallest absolute Gasteiger partial charge is 0.395 e. The van der Waals surface area contributed by atoms with Crippen molar-refractivity contribution in [2.75, 3.05) is 11.1 Å². The van der Waals surface area contributed by atoms with Gasteiger partial charge in [0.2, 0.25) is 0 Å². The number of nitrogens with one attached hydrogen (secondary N) is 1. The maximum absolute atomic E-state index is 12.7. The minimum absolute atomic E-state index is 0.0943. The molecule has 0 aliphatic heterocycles. The Morgan fingerprint density at radius 3 is 2.62 bits per heavy atom. The van der Waals surface area contributed by atoms with Gasteiger partial charge in [-0.2, -0.15) is 18.4 Å². The summed E-state index contributed by atoms with van der Waals surface area (Å²) in [6.07, 6.45) is -3.07. The molecule has 0 saturated carbocycles. The summed E-state index contributed by atoms with van der Waals surface area (Å²) in [6, 6.07) is 6.66. The van der Waals surface area contributed by atoms with E-state index in [0.717, 1.165) is 12.1 Å². The summed E-state index contributed by atoms with van der Waals surface area (Å²) in [6.45, 7) is 1.66. The van der Waals surface area contributed by atoms with Crippen molar-refractivity contribution in [1.29, 1.82) is 5.26 Å². The Balaban J connectivity index is 2.43. The summed E-state index contributed by atoms with van der Waals surface area (Å²) in [7, 11) is 0. The summed E-state index contributed by atoms with van der Waals surface area (Å²) in [5.41, 5.74) is 6.11. The zero-order valence-corrected chi connectivity index (χ0v) is 11.0. The highest BCUT2D eigenvalue weighted by Gasteiger charge is 2.30. The number of aryl methyl sites for hydroxylation is 1. The normalized spacial score (nSPS) is 11.0. The molecule has 0 unspecified atom stereocenters. The molecule has 0 radical (unpaired) electrons. The maximum atomic E-state index is 12.7. The SMILES string of the molecule is Cc1ccc(C(F)(F)F)cc1Nc1nccc(C#N)c1N. The minimum Gasteiger partial charge on any atom is -0.395 e. The number of pyridine rings is 1. The highest BCUT2D eigenvalue weighted by molar-refractivity contribution is 5.74. The Morgan fingerprint density at radius 2 is 2.00 bits per heavy atom. The van der Waals surface area contributed by atoms with Crippen LogP contribution in [0.2, 0.25) is 0 Å². The van der Waals surface area contributed by atoms with Crippen molar-refractivity contribution in [3.05, 3.63) is 47.2 Å². The lowest BCUT2D eigenvalue weighted by atomic mass is 10.1. The fraction of sp³-hybridized carbons (Fsp3) is 0.143. The van der Waals surface area contributed by atoms with E-state index in [1.807, 2.05) is 6.07 Å². The van der Waals surface area contributed by atoms with E-state index in [9.17, 15) is 13.2 Å². The van der Waals surface area contributed by atoms with Crippen LogP contribution in [0.15, 0.2) is 30.5 Å². The highest BCUT2D eigenvalue weighted by Crippen LogP contribution is 2.33. The molecule has 0 aliphatic rings. The fourth-order valence-electron chi connectivity index (χ4n) is 1.73. The number of hydrogen-bond acceptors (Lipinski definition) is 4. The zero-order chi connectivity index (χ0) is 15.6. The fourth-order valence-corrected chi connectivity index (χ4v) is 1.73. The summed E-state index contributed by atoms with van der Waals surface area (Å²) in [4.78, 5) is 3.95. The van der Waals surface area contributed by atoms with Crippen LogP contribution in [0.3, 0.4) is 0 Å². The molecule has 0 amide bonds. The molecular formula is C14H11F3N4. The van der Waals surface area contributed by atoms with E-state index in [0.29, 0.717) is 5.56 Å². The largest absolute Gasteiger partial charge is 0.416 e. The lowest BCUT2D eigenvalue weighted by Crippen LogP contribution is -2.07. The van der Waals surface area contributed by atoms with E-state index in [1.54, 1.807) is 6.92 Å². The first-order valence-corrected chi connectivity index (χ1v) is 5.92. The number of aromatic nitrogens is 1. The van der Waals surface area contributed by atoms with Gasteiger partial charge in [-0.15, -0.1) is 0 Å². The van der Waals surface area contributed by atoms with Crippen LogP contribution in [-0.4, -0.2) is 4.98 Å². The number of nitrogens with zero attached hydrogens (tertiary/aromatic N) is 2. The van der Waals surface area contributed by atoms with E-state index in [4.69, 9.17) is 11.0 Å². The number of nitriles is 1. The molecule has 21 heavy (non-hydrogen) atoms. The second-order valence-electron chi connectivity index (χ2n) is 4.39. The zero-order valence-electron chi connectivity index (χ0n) is 11.0. The standard InChI is InChI=1S/C14H11F3N4/c1-8-2-3-10(14(15,16)17)6-11(8)21-13-12(19)9(7-18)4-5-20-13/h2-6H,19H2,1H3,(H,20,21). The Labute approximate surface area is 119 Å². The van der Waals surface area contributed by atoms with Gasteiger partial charge in [-0.1, -0.05) is 6.07 Å². The number of nitrogens with two attached hydrogens (primary N) is 1. The Bertz CT molecular complexity index is 717. The van der Waals surface area contributed by atoms with Gasteiger partial charge in [-0.3, -0.25) is 0 Å². The second-order valence-corrected chi connectivity index (χ2v) is 4.39. The van der Waals surface area contributed by atoms with Crippen LogP contribution in [-0.2, 0) is 6.18 Å². The molecule has 1 aromatic carbocycles. The molecule has 1 heterocycles. The lowest BCUT2D eigenvalue weighted by molar-refractivity contribution is -0.137. The molecule has 0 saturated heterocycles. The summed E-state index contributed by atoms with van der Waals surface area (Å²) >= 11 is 0. The third kappa shape index (κ3) is 3.05. The molecule has 3 N–H and O–H groups in total. The molecule has 0 fully saturated rings. The molecule has 7 heteroatoms. The van der Waals surface area contributed by atoms with Crippen LogP contribution in [0.1, 0.15) is 16.7 Å². The predicted molar refractivity (Wildman–Crippen MR) is 72.8 cm³/mol. The molecule has 0 spiro atoms. The Morgan fingerprint density at radius 1 is 1.29 bits per heavy atom. The van der Waals surface area contributed by atoms with Gasteiger partial charge in [0.05, 0.1) is 16.8 Å². The highest BCUT2D eigenvalue weighted by atomic mass is 19.4. The van der Waals surface area contributed by atoms with Gasteiger partial charge >= 0.3 is 6.18 Å². The van der Waals surface area contributed by atoms with Crippen molar-refractivity contribution in [3.63, 3.8) is 0 Å². The van der Waals surface area contributed by atoms with Gasteiger partial charge in [0.25, 0.3) is 0 Å². The first kappa shape index (κ1) is 14.7. The van der Waals surface area contributed by atoms with Crippen molar-refractivity contribution in [1.82, 2.24) is 4.98 Å². The maximum Gasteiger partial charge on any atom is 0.416 e. The molecule has 2 aromatic rings. The van der Waals surface area contributed by atoms with Gasteiger partial charge in [0.1, 0.15) is 6.07 Å². The molecule has 0 bridgehead atoms. The third-order valence-corrected chi connectivity index (χ3v) is 2.93. The number of nitrogen functional groups attached to an aromatic ring is 1. The third-order valence-electron chi connectivity index (χ3n) is 2.93. The quantitative estimate of drug-likeness (QED) is 0.886. The monoisotopic (exact) mass is 292 g/mol. The average Bonchev–Trinajstić information content (AvgIpc) is 2.42. The Hall–Kier alpha value is -2.75. The van der Waals surface area contributed by atoms with E-state index in [-0.39, 0.29) is 22.8 Å². The lowest BCUT2D eigenvalue weighted by Gasteiger charge is -2.14. The van der Waals surface area contributed by atoms with Gasteiger partial charge in [0.15, 0.2) is 5.82 Å². The molecule has 1 aromatic heterocycles. The van der Waals surface area contributed by atoms with Crippen molar-refractivity contribution in [2.24, 2.45) is 0 Å². The van der Waals surface area contributed by atoms with E-state index in [1.165, 1.54) is 18.3 Å². The Kier molecular flexibility index (Phi) is 3.72. The van der Waals surface area contributed by atoms with E-state index < -0.39 is 11.7 Å². The topological polar surface area (TPSA) is 74.7 Å². The predicted octanol–water partition coefficient (Wildman–Crippen LogP) is 3.61. The molecule has 0 aliphatic carbocycles. The van der Waals surface area contributed by atoms with Gasteiger partial charge < -0.3 is 11.1 Å². The van der Waals surface area contributed by atoms with Gasteiger partial charge in [-0.25, -0.2) is 4.98 Å². The van der Waals surface area contributed by atoms with E-state index >= 15 is 0 Å². The number of alkyl halides is 3. The summed E-state index contributed by atoms with van der Waals surface area (Å²) in [5.74, 6) is 0.150. The molecule has 4 nitrogen and oxygen atoms in total. The molecule has 108 valence electrons. The number of halogens is 3. The molecule has 0 atom stereocenters. The molecule has 2 rings (SSSR count). The number of rotatable bonds is 2. The first-order chi connectivity index (χ1) is 9.82. The number of anilines is 3. The van der Waals surface area contributed by atoms with Gasteiger partial charge in [0, 0.05) is 11.9 Å². The van der Waals surface area contributed by atoms with Crippen molar-refractivity contribution in [2.45, 2.75) is 13.1 Å². The van der Waals surface area contributed by atoms with Crippen LogP contribution in [0.4, 0.5) is 30.4 Å². The minimum atomic E-state index is -4.43. The number of hydrogen-bond donors (Lipinski definition) is 2.